The normalized spacial score (nSPS) is 21.0. The van der Waals surface area contributed by atoms with Gasteiger partial charge in [-0.3, -0.25) is 0 Å². The van der Waals surface area contributed by atoms with E-state index in [2.05, 4.69) is 88.5 Å². The van der Waals surface area contributed by atoms with Gasteiger partial charge in [0.25, 0.3) is 0 Å². The molecule has 3 atom stereocenters. The number of furan rings is 1. The van der Waals surface area contributed by atoms with Crippen molar-refractivity contribution in [1.29, 1.82) is 0 Å². The Morgan fingerprint density at radius 1 is 0.927 bits per heavy atom. The summed E-state index contributed by atoms with van der Waals surface area (Å²) in [5.74, 6) is 2.28. The number of amidine groups is 2. The van der Waals surface area contributed by atoms with Crippen molar-refractivity contribution >= 4 is 56.1 Å². The number of nitrogens with zero attached hydrogens (tertiary/aromatic N) is 5. The minimum absolute atomic E-state index is 0.0396. The summed E-state index contributed by atoms with van der Waals surface area (Å²) in [6.45, 7) is 4.32. The molecule has 3 aliphatic rings. The van der Waals surface area contributed by atoms with Gasteiger partial charge in [0.2, 0.25) is 0 Å². The fourth-order valence-corrected chi connectivity index (χ4v) is 6.30. The van der Waals surface area contributed by atoms with Crippen LogP contribution in [0, 0.1) is 5.92 Å². The van der Waals surface area contributed by atoms with E-state index in [1.165, 1.54) is 18.4 Å². The molecule has 41 heavy (non-hydrogen) atoms. The number of para-hydroxylation sites is 3. The van der Waals surface area contributed by atoms with E-state index in [9.17, 15) is 0 Å². The maximum absolute atomic E-state index is 6.27. The van der Waals surface area contributed by atoms with E-state index in [0.717, 1.165) is 46.5 Å². The number of aliphatic imine (C=N–C) groups is 2. The lowest BCUT2D eigenvalue weighted by atomic mass is 9.86. The lowest BCUT2D eigenvalue weighted by Gasteiger charge is -2.45. The number of rotatable bonds is 6. The molecule has 0 aliphatic carbocycles. The van der Waals surface area contributed by atoms with Gasteiger partial charge in [-0.2, -0.15) is 5.10 Å². The summed E-state index contributed by atoms with van der Waals surface area (Å²) in [5, 5.41) is 10.7. The molecule has 3 unspecified atom stereocenters. The molecular weight excluding hydrogens is 576 g/mol. The maximum Gasteiger partial charge on any atom is 0.174 e. The molecule has 8 heteroatoms. The first-order valence-corrected chi connectivity index (χ1v) is 15.0. The van der Waals surface area contributed by atoms with Crippen molar-refractivity contribution in [2.75, 3.05) is 15.2 Å². The highest BCUT2D eigenvalue weighted by molar-refractivity contribution is 9.10. The Morgan fingerprint density at radius 2 is 1.71 bits per heavy atom. The predicted molar refractivity (Wildman–Crippen MR) is 171 cm³/mol. The molecule has 4 heterocycles. The Kier molecular flexibility index (Phi) is 6.71. The van der Waals surface area contributed by atoms with Crippen LogP contribution in [0.15, 0.2) is 115 Å². The molecule has 0 amide bonds. The summed E-state index contributed by atoms with van der Waals surface area (Å²) in [6.07, 6.45) is 3.20. The van der Waals surface area contributed by atoms with Crippen molar-refractivity contribution < 1.29 is 4.42 Å². The second-order valence-corrected chi connectivity index (χ2v) is 11.4. The molecule has 0 bridgehead atoms. The summed E-state index contributed by atoms with van der Waals surface area (Å²) >= 11 is 3.54. The number of halogens is 1. The number of hydrogen-bond donors (Lipinski definition) is 1. The standard InChI is InChI=1S/C33H31BrN6O/c1-3-4-10-22-15-17-23(18-16-22)35-31-33-37-32-29(21(2)38-40(32)24-11-6-5-7-12-24)30(27-19-20-28(34)41-27)39(33)26-14-9-8-13-25(26)36-31/h5-9,11-20,29-30,32H,3-4,10H2,1-2H3,(H,35,36). The second kappa shape index (κ2) is 10.7. The first-order chi connectivity index (χ1) is 20.1. The summed E-state index contributed by atoms with van der Waals surface area (Å²) in [6, 6.07) is 30.9. The largest absolute Gasteiger partial charge is 0.452 e. The monoisotopic (exact) mass is 606 g/mol. The average Bonchev–Trinajstić information content (AvgIpc) is 3.59. The van der Waals surface area contributed by atoms with Gasteiger partial charge >= 0.3 is 0 Å². The molecule has 206 valence electrons. The highest BCUT2D eigenvalue weighted by Crippen LogP contribution is 2.49. The van der Waals surface area contributed by atoms with Crippen molar-refractivity contribution in [3.05, 3.63) is 107 Å². The van der Waals surface area contributed by atoms with Crippen LogP contribution < -0.4 is 15.2 Å². The van der Waals surface area contributed by atoms with Gasteiger partial charge in [-0.25, -0.2) is 15.0 Å². The summed E-state index contributed by atoms with van der Waals surface area (Å²) < 4.78 is 6.97. The molecule has 7 nitrogen and oxygen atoms in total. The predicted octanol–water partition coefficient (Wildman–Crippen LogP) is 8.34. The van der Waals surface area contributed by atoms with E-state index in [-0.39, 0.29) is 18.1 Å². The SMILES string of the molecule is CCCCc1ccc(NC2=Nc3ccccc3N3C2=NC2C(C(C)=NN2c2ccccc2)C3c2ccc(Br)o2)cc1. The van der Waals surface area contributed by atoms with Crippen LogP contribution >= 0.6 is 15.9 Å². The highest BCUT2D eigenvalue weighted by atomic mass is 79.9. The Morgan fingerprint density at radius 3 is 2.46 bits per heavy atom. The van der Waals surface area contributed by atoms with Gasteiger partial charge in [0, 0.05) is 11.4 Å². The highest BCUT2D eigenvalue weighted by Gasteiger charge is 2.51. The average molecular weight is 608 g/mol. The van der Waals surface area contributed by atoms with E-state index in [0.29, 0.717) is 10.5 Å². The van der Waals surface area contributed by atoms with Crippen LogP contribution in [-0.2, 0) is 6.42 Å². The van der Waals surface area contributed by atoms with Gasteiger partial charge in [-0.05, 0) is 89.8 Å². The fourth-order valence-electron chi connectivity index (χ4n) is 5.98. The van der Waals surface area contributed by atoms with Gasteiger partial charge in [0.1, 0.15) is 11.8 Å². The smallest absolute Gasteiger partial charge is 0.174 e. The third-order valence-corrected chi connectivity index (χ3v) is 8.37. The molecule has 0 saturated heterocycles. The molecule has 3 aliphatic heterocycles. The topological polar surface area (TPSA) is 68.7 Å². The third kappa shape index (κ3) is 4.66. The minimum atomic E-state index is -0.258. The summed E-state index contributed by atoms with van der Waals surface area (Å²) in [5.41, 5.74) is 6.21. The Balaban J connectivity index is 1.36. The van der Waals surface area contributed by atoms with E-state index in [1.807, 2.05) is 47.5 Å². The van der Waals surface area contributed by atoms with E-state index in [4.69, 9.17) is 19.5 Å². The lowest BCUT2D eigenvalue weighted by Crippen LogP contribution is -2.54. The van der Waals surface area contributed by atoms with Crippen LogP contribution in [0.5, 0.6) is 0 Å². The van der Waals surface area contributed by atoms with Crippen LogP contribution in [-0.4, -0.2) is 23.5 Å². The van der Waals surface area contributed by atoms with Crippen LogP contribution in [0.2, 0.25) is 0 Å². The van der Waals surface area contributed by atoms with Gasteiger partial charge < -0.3 is 14.6 Å². The van der Waals surface area contributed by atoms with Crippen LogP contribution in [0.3, 0.4) is 0 Å². The lowest BCUT2D eigenvalue weighted by molar-refractivity contribution is 0.371. The Hall–Kier alpha value is -4.17. The zero-order valence-corrected chi connectivity index (χ0v) is 24.6. The molecule has 0 fully saturated rings. The number of unbranched alkanes of at least 4 members (excludes halogenated alkanes) is 1. The molecule has 3 aromatic carbocycles. The molecule has 1 N–H and O–H groups in total. The van der Waals surface area contributed by atoms with Crippen LogP contribution in [0.25, 0.3) is 0 Å². The van der Waals surface area contributed by atoms with E-state index < -0.39 is 0 Å². The number of hydrazone groups is 1. The van der Waals surface area contributed by atoms with Crippen LogP contribution in [0.4, 0.5) is 22.7 Å². The first kappa shape index (κ1) is 25.8. The summed E-state index contributed by atoms with van der Waals surface area (Å²) in [7, 11) is 0. The van der Waals surface area contributed by atoms with Crippen LogP contribution in [0.1, 0.15) is 44.1 Å². The summed E-state index contributed by atoms with van der Waals surface area (Å²) in [4.78, 5) is 12.8. The van der Waals surface area contributed by atoms with Crippen molar-refractivity contribution in [3.63, 3.8) is 0 Å². The van der Waals surface area contributed by atoms with Gasteiger partial charge in [-0.1, -0.05) is 55.8 Å². The van der Waals surface area contributed by atoms with Crippen molar-refractivity contribution in [1.82, 2.24) is 0 Å². The maximum atomic E-state index is 6.27. The van der Waals surface area contributed by atoms with Gasteiger partial charge in [-0.15, -0.1) is 0 Å². The number of fused-ring (bicyclic) bond motifs is 4. The molecular formula is C33H31BrN6O. The number of nitrogens with one attached hydrogen (secondary N) is 1. The third-order valence-electron chi connectivity index (χ3n) is 7.95. The number of aryl methyl sites for hydroxylation is 1. The van der Waals surface area contributed by atoms with E-state index >= 15 is 0 Å². The molecule has 0 saturated carbocycles. The van der Waals surface area contributed by atoms with Crippen molar-refractivity contribution in [3.8, 4) is 0 Å². The molecule has 0 spiro atoms. The molecule has 7 rings (SSSR count). The second-order valence-electron chi connectivity index (χ2n) is 10.6. The van der Waals surface area contributed by atoms with Crippen molar-refractivity contribution in [2.24, 2.45) is 21.0 Å². The minimum Gasteiger partial charge on any atom is -0.452 e. The molecule has 0 radical (unpaired) electrons. The van der Waals surface area contributed by atoms with Gasteiger partial charge in [0.05, 0.1) is 23.0 Å². The van der Waals surface area contributed by atoms with Gasteiger partial charge in [0.15, 0.2) is 22.5 Å². The Bertz CT molecular complexity index is 1660. The van der Waals surface area contributed by atoms with Crippen molar-refractivity contribution in [2.45, 2.75) is 45.3 Å². The fraction of sp³-hybridized carbons (Fsp3) is 0.242. The number of anilines is 3. The molecule has 4 aromatic rings. The zero-order chi connectivity index (χ0) is 27.9. The molecule has 1 aromatic heterocycles. The zero-order valence-electron chi connectivity index (χ0n) is 23.0. The first-order valence-electron chi connectivity index (χ1n) is 14.2. The van der Waals surface area contributed by atoms with E-state index in [1.54, 1.807) is 0 Å². The number of hydrogen-bond acceptors (Lipinski definition) is 7. The Labute approximate surface area is 248 Å². The quantitative estimate of drug-likeness (QED) is 0.239. The number of benzene rings is 3.